The number of piperidine rings is 1. The predicted octanol–water partition coefficient (Wildman–Crippen LogP) is 6.54. The van der Waals surface area contributed by atoms with Crippen molar-refractivity contribution in [3.8, 4) is 5.88 Å². The number of fused-ring (bicyclic) bond motifs is 2. The van der Waals surface area contributed by atoms with Crippen LogP contribution in [0.2, 0.25) is 0 Å². The largest absolute Gasteiger partial charge is 0.494 e. The summed E-state index contributed by atoms with van der Waals surface area (Å²) in [5, 5.41) is 13.3. The number of nitrogens with zero attached hydrogens (tertiary/aromatic N) is 3. The SMILES string of the molecule is CCCCc1c2ccccc2nc2cn(CCC3CCN(Cc4ccccc4)CC3)c(O)c12. The molecule has 1 N–H and O–H groups in total. The summed E-state index contributed by atoms with van der Waals surface area (Å²) in [6.45, 7) is 6.45. The van der Waals surface area contributed by atoms with Gasteiger partial charge in [-0.15, -0.1) is 0 Å². The lowest BCUT2D eigenvalue weighted by Gasteiger charge is -2.32. The van der Waals surface area contributed by atoms with Crippen LogP contribution in [0.5, 0.6) is 5.88 Å². The van der Waals surface area contributed by atoms with Crippen LogP contribution in [0.3, 0.4) is 0 Å². The number of aryl methyl sites for hydroxylation is 2. The maximum atomic E-state index is 11.2. The predicted molar refractivity (Wildman–Crippen MR) is 137 cm³/mol. The second kappa shape index (κ2) is 9.96. The molecular formula is C29H35N3O. The van der Waals surface area contributed by atoms with Gasteiger partial charge in [0.2, 0.25) is 5.88 Å². The highest BCUT2D eigenvalue weighted by Gasteiger charge is 2.21. The van der Waals surface area contributed by atoms with Crippen molar-refractivity contribution in [2.75, 3.05) is 13.1 Å². The van der Waals surface area contributed by atoms with Crippen LogP contribution in [0.25, 0.3) is 21.8 Å². The van der Waals surface area contributed by atoms with Gasteiger partial charge in [-0.1, -0.05) is 61.9 Å². The third-order valence-corrected chi connectivity index (χ3v) is 7.32. The quantitative estimate of drug-likeness (QED) is 0.337. The number of hydrogen-bond donors (Lipinski definition) is 1. The first kappa shape index (κ1) is 22.0. The molecule has 4 aromatic rings. The highest BCUT2D eigenvalue weighted by Crippen LogP contribution is 2.35. The Labute approximate surface area is 196 Å². The molecule has 0 spiro atoms. The van der Waals surface area contributed by atoms with E-state index in [0.717, 1.165) is 68.3 Å². The van der Waals surface area contributed by atoms with Crippen LogP contribution in [0.4, 0.5) is 0 Å². The second-order valence-corrected chi connectivity index (χ2v) is 9.61. The van der Waals surface area contributed by atoms with E-state index in [2.05, 4.69) is 66.6 Å². The Kier molecular flexibility index (Phi) is 6.63. The first-order valence-corrected chi connectivity index (χ1v) is 12.6. The summed E-state index contributed by atoms with van der Waals surface area (Å²) in [5.74, 6) is 1.12. The zero-order chi connectivity index (χ0) is 22.6. The van der Waals surface area contributed by atoms with E-state index in [9.17, 15) is 5.11 Å². The van der Waals surface area contributed by atoms with Gasteiger partial charge >= 0.3 is 0 Å². The van der Waals surface area contributed by atoms with Crippen molar-refractivity contribution < 1.29 is 5.11 Å². The molecule has 1 aliphatic heterocycles. The summed E-state index contributed by atoms with van der Waals surface area (Å²) in [4.78, 5) is 7.46. The van der Waals surface area contributed by atoms with E-state index < -0.39 is 0 Å². The van der Waals surface area contributed by atoms with E-state index >= 15 is 0 Å². The van der Waals surface area contributed by atoms with Crippen molar-refractivity contribution in [3.63, 3.8) is 0 Å². The second-order valence-electron chi connectivity index (χ2n) is 9.61. The molecule has 0 unspecified atom stereocenters. The van der Waals surface area contributed by atoms with Crippen LogP contribution >= 0.6 is 0 Å². The lowest BCUT2D eigenvalue weighted by atomic mass is 9.93. The molecule has 5 rings (SSSR count). The summed E-state index contributed by atoms with van der Waals surface area (Å²) in [7, 11) is 0. The van der Waals surface area contributed by atoms with Gasteiger partial charge in [-0.05, 0) is 68.3 Å². The minimum atomic E-state index is 0.399. The average Bonchev–Trinajstić information content (AvgIpc) is 3.17. The number of rotatable bonds is 8. The normalized spacial score (nSPS) is 15.5. The van der Waals surface area contributed by atoms with Crippen LogP contribution < -0.4 is 0 Å². The number of benzene rings is 2. The Bertz CT molecular complexity index is 1210. The number of para-hydroxylation sites is 1. The number of unbranched alkanes of at least 4 members (excludes halogenated alkanes) is 1. The molecule has 0 saturated carbocycles. The van der Waals surface area contributed by atoms with E-state index in [1.165, 1.54) is 29.4 Å². The number of pyridine rings is 1. The molecule has 4 nitrogen and oxygen atoms in total. The van der Waals surface area contributed by atoms with Crippen LogP contribution in [-0.2, 0) is 19.5 Å². The van der Waals surface area contributed by atoms with Crippen molar-refractivity contribution in [2.24, 2.45) is 5.92 Å². The van der Waals surface area contributed by atoms with E-state index in [1.54, 1.807) is 0 Å². The van der Waals surface area contributed by atoms with Gasteiger partial charge in [0.05, 0.1) is 16.4 Å². The lowest BCUT2D eigenvalue weighted by molar-refractivity contribution is 0.168. The number of aromatic nitrogens is 2. The zero-order valence-electron chi connectivity index (χ0n) is 19.7. The van der Waals surface area contributed by atoms with Crippen molar-refractivity contribution in [3.05, 3.63) is 71.9 Å². The van der Waals surface area contributed by atoms with E-state index in [1.807, 2.05) is 10.6 Å². The molecule has 0 bridgehead atoms. The van der Waals surface area contributed by atoms with Crippen LogP contribution in [0, 0.1) is 5.92 Å². The molecule has 2 aromatic carbocycles. The van der Waals surface area contributed by atoms with Crippen molar-refractivity contribution in [2.45, 2.75) is 58.5 Å². The molecule has 172 valence electrons. The molecule has 1 saturated heterocycles. The Morgan fingerprint density at radius 1 is 0.970 bits per heavy atom. The van der Waals surface area contributed by atoms with E-state index in [-0.39, 0.29) is 0 Å². The third kappa shape index (κ3) is 4.77. The van der Waals surface area contributed by atoms with E-state index in [0.29, 0.717) is 11.8 Å². The van der Waals surface area contributed by atoms with Gasteiger partial charge in [-0.25, -0.2) is 4.98 Å². The Morgan fingerprint density at radius 3 is 2.52 bits per heavy atom. The Hall–Kier alpha value is -2.85. The molecular weight excluding hydrogens is 406 g/mol. The maximum Gasteiger partial charge on any atom is 0.201 e. The van der Waals surface area contributed by atoms with Crippen molar-refractivity contribution in [1.29, 1.82) is 0 Å². The smallest absolute Gasteiger partial charge is 0.201 e. The number of likely N-dealkylation sites (tertiary alicyclic amines) is 1. The minimum absolute atomic E-state index is 0.399. The van der Waals surface area contributed by atoms with Crippen LogP contribution in [-0.4, -0.2) is 32.6 Å². The summed E-state index contributed by atoms with van der Waals surface area (Å²) in [5.41, 5.74) is 4.61. The molecule has 1 fully saturated rings. The lowest BCUT2D eigenvalue weighted by Crippen LogP contribution is -2.33. The molecule has 33 heavy (non-hydrogen) atoms. The highest BCUT2D eigenvalue weighted by molar-refractivity contribution is 6.00. The molecule has 0 amide bonds. The molecule has 2 aromatic heterocycles. The molecule has 4 heteroatoms. The first-order valence-electron chi connectivity index (χ1n) is 12.6. The van der Waals surface area contributed by atoms with Gasteiger partial charge in [0.25, 0.3) is 0 Å². The standard InChI is InChI=1S/C29H35N3O/c1-2-3-11-25-24-12-7-8-13-26(24)30-27-21-32(29(33)28(25)27)19-16-22-14-17-31(18-15-22)20-23-9-5-4-6-10-23/h4-10,12-13,21-22,33H,2-3,11,14-20H2,1H3. The maximum absolute atomic E-state index is 11.2. The van der Waals surface area contributed by atoms with Gasteiger partial charge in [0.15, 0.2) is 0 Å². The summed E-state index contributed by atoms with van der Waals surface area (Å²) in [6, 6.07) is 19.1. The van der Waals surface area contributed by atoms with Crippen molar-refractivity contribution in [1.82, 2.24) is 14.5 Å². The highest BCUT2D eigenvalue weighted by atomic mass is 16.3. The molecule has 0 aliphatic carbocycles. The van der Waals surface area contributed by atoms with Gasteiger partial charge in [0, 0.05) is 24.7 Å². The molecule has 0 radical (unpaired) electrons. The van der Waals surface area contributed by atoms with Crippen LogP contribution in [0.15, 0.2) is 60.8 Å². The van der Waals surface area contributed by atoms with Crippen molar-refractivity contribution >= 4 is 21.8 Å². The van der Waals surface area contributed by atoms with Gasteiger partial charge in [0.1, 0.15) is 0 Å². The number of hydrogen-bond acceptors (Lipinski definition) is 3. The molecule has 3 heterocycles. The fourth-order valence-electron chi connectivity index (χ4n) is 5.38. The fraction of sp³-hybridized carbons (Fsp3) is 0.414. The zero-order valence-corrected chi connectivity index (χ0v) is 19.7. The summed E-state index contributed by atoms with van der Waals surface area (Å²) >= 11 is 0. The third-order valence-electron chi connectivity index (χ3n) is 7.32. The monoisotopic (exact) mass is 441 g/mol. The van der Waals surface area contributed by atoms with Gasteiger partial charge < -0.3 is 9.67 Å². The van der Waals surface area contributed by atoms with Gasteiger partial charge in [-0.2, -0.15) is 0 Å². The number of aromatic hydroxyl groups is 1. The minimum Gasteiger partial charge on any atom is -0.494 e. The Morgan fingerprint density at radius 2 is 1.73 bits per heavy atom. The average molecular weight is 442 g/mol. The van der Waals surface area contributed by atoms with Crippen LogP contribution in [0.1, 0.15) is 50.2 Å². The summed E-state index contributed by atoms with van der Waals surface area (Å²) < 4.78 is 2.04. The Balaban J connectivity index is 1.28. The summed E-state index contributed by atoms with van der Waals surface area (Å²) in [6.07, 6.45) is 8.89. The van der Waals surface area contributed by atoms with Gasteiger partial charge in [-0.3, -0.25) is 4.90 Å². The fourth-order valence-corrected chi connectivity index (χ4v) is 5.38. The van der Waals surface area contributed by atoms with E-state index in [4.69, 9.17) is 4.98 Å². The topological polar surface area (TPSA) is 41.3 Å². The molecule has 1 aliphatic rings. The molecule has 0 atom stereocenters. The first-order chi connectivity index (χ1) is 16.2.